The number of hydrogen-bond acceptors (Lipinski definition) is 1. The Labute approximate surface area is 66.3 Å². The van der Waals surface area contributed by atoms with Gasteiger partial charge in [0.15, 0.2) is 0 Å². The van der Waals surface area contributed by atoms with Crippen molar-refractivity contribution in [3.8, 4) is 0 Å². The van der Waals surface area contributed by atoms with Gasteiger partial charge in [-0.05, 0) is 23.5 Å². The van der Waals surface area contributed by atoms with Crippen LogP contribution in [0.15, 0.2) is 12.3 Å². The molecule has 0 aliphatic heterocycles. The SMILES string of the molecule is CC1(C)C=Cc2[nH]ncc2C1. The first-order valence-corrected chi connectivity index (χ1v) is 3.89. The molecule has 1 aromatic rings. The van der Waals surface area contributed by atoms with Crippen LogP contribution in [-0.2, 0) is 6.42 Å². The first-order valence-electron chi connectivity index (χ1n) is 3.89. The molecule has 0 aromatic carbocycles. The van der Waals surface area contributed by atoms with Crippen LogP contribution in [0.5, 0.6) is 0 Å². The largest absolute Gasteiger partial charge is 0.278 e. The molecule has 0 unspecified atom stereocenters. The summed E-state index contributed by atoms with van der Waals surface area (Å²) in [5.74, 6) is 0. The van der Waals surface area contributed by atoms with Gasteiger partial charge in [-0.2, -0.15) is 5.10 Å². The molecule has 0 saturated heterocycles. The van der Waals surface area contributed by atoms with Crippen LogP contribution in [0.3, 0.4) is 0 Å². The Morgan fingerprint density at radius 2 is 2.36 bits per heavy atom. The van der Waals surface area contributed by atoms with Crippen molar-refractivity contribution in [2.24, 2.45) is 5.41 Å². The van der Waals surface area contributed by atoms with Gasteiger partial charge in [0.25, 0.3) is 0 Å². The van der Waals surface area contributed by atoms with Gasteiger partial charge in [0.1, 0.15) is 0 Å². The molecule has 1 aliphatic rings. The van der Waals surface area contributed by atoms with E-state index in [9.17, 15) is 0 Å². The third-order valence-electron chi connectivity index (χ3n) is 2.10. The number of aromatic nitrogens is 2. The number of nitrogens with one attached hydrogen (secondary N) is 1. The first-order chi connectivity index (χ1) is 5.17. The van der Waals surface area contributed by atoms with Crippen LogP contribution >= 0.6 is 0 Å². The smallest absolute Gasteiger partial charge is 0.0607 e. The molecule has 0 saturated carbocycles. The summed E-state index contributed by atoms with van der Waals surface area (Å²) >= 11 is 0. The van der Waals surface area contributed by atoms with Gasteiger partial charge >= 0.3 is 0 Å². The summed E-state index contributed by atoms with van der Waals surface area (Å²) in [5.41, 5.74) is 2.80. The monoisotopic (exact) mass is 148 g/mol. The van der Waals surface area contributed by atoms with Crippen molar-refractivity contribution in [1.82, 2.24) is 10.2 Å². The van der Waals surface area contributed by atoms with Crippen LogP contribution in [0.4, 0.5) is 0 Å². The van der Waals surface area contributed by atoms with Crippen molar-refractivity contribution < 1.29 is 0 Å². The Bertz CT molecular complexity index is 294. The van der Waals surface area contributed by atoms with E-state index in [1.165, 1.54) is 11.3 Å². The summed E-state index contributed by atoms with van der Waals surface area (Å²) in [7, 11) is 0. The van der Waals surface area contributed by atoms with E-state index >= 15 is 0 Å². The first kappa shape index (κ1) is 6.65. The van der Waals surface area contributed by atoms with Crippen molar-refractivity contribution in [3.05, 3.63) is 23.5 Å². The third kappa shape index (κ3) is 1.09. The van der Waals surface area contributed by atoms with E-state index in [1.54, 1.807) is 0 Å². The zero-order chi connectivity index (χ0) is 7.90. The number of allylic oxidation sites excluding steroid dienone is 1. The van der Waals surface area contributed by atoms with Gasteiger partial charge in [-0.3, -0.25) is 5.10 Å². The Hall–Kier alpha value is -1.05. The number of nitrogens with zero attached hydrogens (tertiary/aromatic N) is 1. The van der Waals surface area contributed by atoms with E-state index in [2.05, 4.69) is 36.2 Å². The number of rotatable bonds is 0. The lowest BCUT2D eigenvalue weighted by molar-refractivity contribution is 0.475. The van der Waals surface area contributed by atoms with E-state index < -0.39 is 0 Å². The molecule has 0 radical (unpaired) electrons. The normalized spacial score (nSPS) is 19.8. The van der Waals surface area contributed by atoms with Crippen molar-refractivity contribution in [3.63, 3.8) is 0 Å². The van der Waals surface area contributed by atoms with Gasteiger partial charge in [-0.15, -0.1) is 0 Å². The summed E-state index contributed by atoms with van der Waals surface area (Å²) < 4.78 is 0. The quantitative estimate of drug-likeness (QED) is 0.599. The average molecular weight is 148 g/mol. The maximum Gasteiger partial charge on any atom is 0.0607 e. The minimum Gasteiger partial charge on any atom is -0.278 e. The van der Waals surface area contributed by atoms with Crippen LogP contribution in [0.25, 0.3) is 6.08 Å². The highest BCUT2D eigenvalue weighted by Crippen LogP contribution is 2.30. The molecule has 2 nitrogen and oxygen atoms in total. The van der Waals surface area contributed by atoms with Crippen LogP contribution in [0.2, 0.25) is 0 Å². The molecule has 1 aliphatic carbocycles. The standard InChI is InChI=1S/C9H12N2/c1-9(2)4-3-8-7(5-9)6-10-11-8/h3-4,6H,5H2,1-2H3,(H,10,11). The molecule has 2 rings (SSSR count). The lowest BCUT2D eigenvalue weighted by Gasteiger charge is -2.22. The van der Waals surface area contributed by atoms with Crippen LogP contribution < -0.4 is 0 Å². The molecule has 58 valence electrons. The van der Waals surface area contributed by atoms with E-state index in [0.717, 1.165) is 6.42 Å². The van der Waals surface area contributed by atoms with E-state index in [4.69, 9.17) is 0 Å². The van der Waals surface area contributed by atoms with Crippen molar-refractivity contribution in [2.75, 3.05) is 0 Å². The second-order valence-electron chi connectivity index (χ2n) is 3.81. The summed E-state index contributed by atoms with van der Waals surface area (Å²) in [5, 5.41) is 6.95. The van der Waals surface area contributed by atoms with Crippen LogP contribution in [0.1, 0.15) is 25.1 Å². The number of fused-ring (bicyclic) bond motifs is 1. The maximum absolute atomic E-state index is 3.99. The second kappa shape index (κ2) is 1.97. The number of aromatic amines is 1. The Balaban J connectivity index is 2.44. The van der Waals surface area contributed by atoms with Crippen LogP contribution in [0, 0.1) is 5.41 Å². The van der Waals surface area contributed by atoms with E-state index in [-0.39, 0.29) is 0 Å². The fourth-order valence-corrected chi connectivity index (χ4v) is 1.46. The van der Waals surface area contributed by atoms with E-state index in [1.807, 2.05) is 6.20 Å². The zero-order valence-corrected chi connectivity index (χ0v) is 6.89. The Kier molecular flexibility index (Phi) is 1.19. The molecule has 1 N–H and O–H groups in total. The summed E-state index contributed by atoms with van der Waals surface area (Å²) in [6.07, 6.45) is 7.36. The predicted octanol–water partition coefficient (Wildman–Crippen LogP) is 2.01. The van der Waals surface area contributed by atoms with Gasteiger partial charge in [-0.25, -0.2) is 0 Å². The molecule has 1 aromatic heterocycles. The molecular weight excluding hydrogens is 136 g/mol. The molecule has 0 amide bonds. The van der Waals surface area contributed by atoms with Crippen LogP contribution in [-0.4, -0.2) is 10.2 Å². The predicted molar refractivity (Wildman–Crippen MR) is 45.1 cm³/mol. The number of H-pyrrole nitrogens is 1. The molecule has 0 bridgehead atoms. The Morgan fingerprint density at radius 3 is 3.18 bits per heavy atom. The van der Waals surface area contributed by atoms with E-state index in [0.29, 0.717) is 5.41 Å². The van der Waals surface area contributed by atoms with Gasteiger partial charge < -0.3 is 0 Å². The topological polar surface area (TPSA) is 28.7 Å². The highest BCUT2D eigenvalue weighted by molar-refractivity contribution is 5.52. The van der Waals surface area contributed by atoms with Crippen molar-refractivity contribution in [1.29, 1.82) is 0 Å². The third-order valence-corrected chi connectivity index (χ3v) is 2.10. The molecule has 0 spiro atoms. The summed E-state index contributed by atoms with van der Waals surface area (Å²) in [6, 6.07) is 0. The average Bonchev–Trinajstić information content (AvgIpc) is 2.31. The summed E-state index contributed by atoms with van der Waals surface area (Å²) in [6.45, 7) is 4.47. The van der Waals surface area contributed by atoms with Crippen molar-refractivity contribution >= 4 is 6.08 Å². The minimum absolute atomic E-state index is 0.302. The molecule has 0 atom stereocenters. The van der Waals surface area contributed by atoms with Crippen molar-refractivity contribution in [2.45, 2.75) is 20.3 Å². The fraction of sp³-hybridized carbons (Fsp3) is 0.444. The highest BCUT2D eigenvalue weighted by atomic mass is 15.1. The van der Waals surface area contributed by atoms with Gasteiger partial charge in [-0.1, -0.05) is 19.9 Å². The summed E-state index contributed by atoms with van der Waals surface area (Å²) in [4.78, 5) is 0. The fourth-order valence-electron chi connectivity index (χ4n) is 1.46. The van der Waals surface area contributed by atoms with Gasteiger partial charge in [0, 0.05) is 0 Å². The molecule has 11 heavy (non-hydrogen) atoms. The zero-order valence-electron chi connectivity index (χ0n) is 6.89. The molecule has 0 fully saturated rings. The second-order valence-corrected chi connectivity index (χ2v) is 3.81. The van der Waals surface area contributed by atoms with Gasteiger partial charge in [0.05, 0.1) is 11.9 Å². The lowest BCUT2D eigenvalue weighted by atomic mass is 9.82. The highest BCUT2D eigenvalue weighted by Gasteiger charge is 2.20. The Morgan fingerprint density at radius 1 is 1.55 bits per heavy atom. The van der Waals surface area contributed by atoms with Gasteiger partial charge in [0.2, 0.25) is 0 Å². The molecule has 2 heteroatoms. The number of hydrogen-bond donors (Lipinski definition) is 1. The molecule has 1 heterocycles. The molecular formula is C9H12N2. The maximum atomic E-state index is 3.99. The lowest BCUT2D eigenvalue weighted by Crippen LogP contribution is -2.14. The minimum atomic E-state index is 0.302.